The van der Waals surface area contributed by atoms with Gasteiger partial charge in [-0.05, 0) is 72.8 Å². The van der Waals surface area contributed by atoms with Gasteiger partial charge >= 0.3 is 0 Å². The van der Waals surface area contributed by atoms with Crippen LogP contribution in [-0.2, 0) is 16.5 Å². The maximum Gasteiger partial charge on any atom is 0.0659 e. The van der Waals surface area contributed by atoms with Crippen molar-refractivity contribution < 1.29 is 22.0 Å². The first-order valence-electron chi connectivity index (χ1n) is 15.5. The number of hydrogen-bond donors (Lipinski definition) is 2. The molecule has 5 heterocycles. The normalized spacial score (nSPS) is 9.92. The topological polar surface area (TPSA) is 88.9 Å². The summed E-state index contributed by atoms with van der Waals surface area (Å²) in [5, 5.41) is 0. The molecule has 4 aromatic carbocycles. The van der Waals surface area contributed by atoms with E-state index in [1.165, 1.54) is 0 Å². The average Bonchev–Trinajstić information content (AvgIpc) is 4.00. The summed E-state index contributed by atoms with van der Waals surface area (Å²) in [7, 11) is 0. The minimum Gasteiger partial charge on any atom is -0.412 e. The van der Waals surface area contributed by atoms with E-state index in [9.17, 15) is 0 Å². The van der Waals surface area contributed by atoms with Crippen LogP contribution in [0.2, 0.25) is 0 Å². The van der Waals surface area contributed by atoms with Crippen LogP contribution >= 0.6 is 0 Å². The summed E-state index contributed by atoms with van der Waals surface area (Å²) in [6, 6.07) is 66.4. The van der Waals surface area contributed by atoms with Crippen molar-refractivity contribution in [2.24, 2.45) is 0 Å². The third kappa shape index (κ3) is 14.4. The summed E-state index contributed by atoms with van der Waals surface area (Å²) in [5.41, 5.74) is 7.86. The van der Waals surface area contributed by atoms with E-state index in [1.807, 2.05) is 164 Å². The van der Waals surface area contributed by atoms with Gasteiger partial charge in [0.2, 0.25) is 0 Å². The summed E-state index contributed by atoms with van der Waals surface area (Å²) < 4.78 is 0. The Morgan fingerprint density at radius 3 is 0.840 bits per heavy atom. The molecule has 3 aromatic heterocycles. The Bertz CT molecular complexity index is 1810. The molecule has 4 N–H and O–H groups in total. The van der Waals surface area contributed by atoms with Crippen LogP contribution in [0.5, 0.6) is 0 Å². The zero-order valence-corrected chi connectivity index (χ0v) is 28.2. The second-order valence-corrected chi connectivity index (χ2v) is 10.2. The molecule has 0 saturated carbocycles. The van der Waals surface area contributed by atoms with E-state index in [-0.39, 0.29) is 22.0 Å². The quantitative estimate of drug-likeness (QED) is 0.122. The molecule has 5 nitrogen and oxygen atoms in total. The Hall–Kier alpha value is -6.07. The van der Waals surface area contributed by atoms with Gasteiger partial charge < -0.3 is 15.4 Å². The maximum absolute atomic E-state index is 4.62. The Balaban J connectivity index is 0.000000211. The predicted molar refractivity (Wildman–Crippen MR) is 204 cm³/mol. The molecule has 0 amide bonds. The summed E-state index contributed by atoms with van der Waals surface area (Å²) in [6.45, 7) is 0. The van der Waals surface area contributed by atoms with E-state index in [0.29, 0.717) is 0 Å². The molecule has 0 spiro atoms. The van der Waals surface area contributed by atoms with Gasteiger partial charge in [0.15, 0.2) is 0 Å². The molecule has 0 aliphatic carbocycles. The molecule has 0 atom stereocenters. The van der Waals surface area contributed by atoms with Crippen molar-refractivity contribution in [2.75, 3.05) is 0 Å². The second-order valence-electron chi connectivity index (χ2n) is 10.2. The van der Waals surface area contributed by atoms with E-state index in [1.54, 1.807) is 0 Å². The summed E-state index contributed by atoms with van der Waals surface area (Å²) in [6.07, 6.45) is 8.05. The van der Waals surface area contributed by atoms with Crippen LogP contribution in [0.15, 0.2) is 170 Å². The molecule has 6 heteroatoms. The molecule has 0 saturated heterocycles. The maximum atomic E-state index is 4.62. The number of hydrogen-bond acceptors (Lipinski definition) is 2. The zero-order valence-electron chi connectivity index (χ0n) is 27.2. The monoisotopic (exact) mass is 694 g/mol. The van der Waals surface area contributed by atoms with Crippen molar-refractivity contribution >= 4 is 46.4 Å². The zero-order chi connectivity index (χ0) is 32.9. The van der Waals surface area contributed by atoms with Gasteiger partial charge in [-0.3, -0.25) is 0 Å². The van der Waals surface area contributed by atoms with Crippen molar-refractivity contribution in [3.8, 4) is 0 Å². The number of rotatable bonds is 0. The number of fused-ring (bicyclic) bond motifs is 8. The van der Waals surface area contributed by atoms with E-state index in [2.05, 4.69) is 74.5 Å². The van der Waals surface area contributed by atoms with Gasteiger partial charge in [0.05, 0.1) is 22.8 Å². The average molecular weight is 695 g/mol. The van der Waals surface area contributed by atoms with E-state index in [0.717, 1.165) is 44.8 Å². The van der Waals surface area contributed by atoms with Crippen LogP contribution in [-0.4, -0.2) is 25.4 Å². The van der Waals surface area contributed by atoms with Crippen molar-refractivity contribution in [3.63, 3.8) is 0 Å². The van der Waals surface area contributed by atoms with Crippen LogP contribution in [0.3, 0.4) is 0 Å². The predicted octanol–water partition coefficient (Wildman–Crippen LogP) is 9.78. The Morgan fingerprint density at radius 1 is 0.340 bits per heavy atom. The van der Waals surface area contributed by atoms with Crippen LogP contribution in [0.4, 0.5) is 0 Å². The molecular formula is C44H36N4NiO-4. The van der Waals surface area contributed by atoms with Gasteiger partial charge in [-0.25, -0.2) is 9.97 Å². The van der Waals surface area contributed by atoms with Crippen LogP contribution in [0.1, 0.15) is 22.8 Å². The van der Waals surface area contributed by atoms with Crippen LogP contribution in [0, 0.1) is 24.3 Å². The minimum atomic E-state index is 0. The Morgan fingerprint density at radius 2 is 0.600 bits per heavy atom. The van der Waals surface area contributed by atoms with Crippen molar-refractivity contribution in [1.29, 1.82) is 0 Å². The first-order chi connectivity index (χ1) is 23.8. The SMILES string of the molecule is C1=Cc2cc3ccc(cc4ccc(cc5nc(cc1n2)C=C5)[nH]4)[nH]3.O.[Ni].[c-]1ccccc1.[c-]1ccccc1.[c-]1ccccc1.[c-]1ccccc1. The molecule has 252 valence electrons. The van der Waals surface area contributed by atoms with Gasteiger partial charge in [-0.1, -0.05) is 0 Å². The first-order valence-corrected chi connectivity index (χ1v) is 15.5. The van der Waals surface area contributed by atoms with Gasteiger partial charge in [0, 0.05) is 38.6 Å². The molecule has 7 aromatic rings. The van der Waals surface area contributed by atoms with E-state index >= 15 is 0 Å². The number of nitrogens with one attached hydrogen (secondary N) is 2. The molecule has 8 bridgehead atoms. The summed E-state index contributed by atoms with van der Waals surface area (Å²) in [5.74, 6) is 0. The van der Waals surface area contributed by atoms with Gasteiger partial charge in [-0.2, -0.15) is 146 Å². The molecule has 2 aliphatic heterocycles. The fourth-order valence-electron chi connectivity index (χ4n) is 4.31. The minimum absolute atomic E-state index is 0. The summed E-state index contributed by atoms with van der Waals surface area (Å²) in [4.78, 5) is 16.0. The molecule has 0 radical (unpaired) electrons. The molecule has 50 heavy (non-hydrogen) atoms. The number of H-pyrrole nitrogens is 2. The fraction of sp³-hybridized carbons (Fsp3) is 0. The number of aromatic nitrogens is 4. The Kier molecular flexibility index (Phi) is 17.3. The number of nitrogens with zero attached hydrogens (tertiary/aromatic N) is 2. The molecule has 0 fully saturated rings. The second kappa shape index (κ2) is 22.5. The third-order valence-electron chi connectivity index (χ3n) is 6.47. The van der Waals surface area contributed by atoms with Crippen LogP contribution < -0.4 is 0 Å². The van der Waals surface area contributed by atoms with E-state index in [4.69, 9.17) is 0 Å². The number of aromatic amines is 2. The van der Waals surface area contributed by atoms with E-state index < -0.39 is 0 Å². The van der Waals surface area contributed by atoms with Crippen molar-refractivity contribution in [3.05, 3.63) is 217 Å². The first kappa shape index (κ1) is 38.4. The molecular weight excluding hydrogens is 659 g/mol. The van der Waals surface area contributed by atoms with Gasteiger partial charge in [0.25, 0.3) is 0 Å². The van der Waals surface area contributed by atoms with Crippen molar-refractivity contribution in [2.45, 2.75) is 0 Å². The standard InChI is InChI=1S/C20H14N4.4C6H5.Ni.H2O/c1-2-14-10-16-5-6-18(23-16)12-20-8-7-19(24-20)11-17-4-3-15(22-17)9-13(1)21-14;4*1-2-4-6-5-3-1;;/h1-12,21-22H;4*1-5H;;1H2/q;4*-1;;. The molecule has 2 aliphatic rings. The largest absolute Gasteiger partial charge is 0.412 e. The van der Waals surface area contributed by atoms with Crippen molar-refractivity contribution in [1.82, 2.24) is 19.9 Å². The fourth-order valence-corrected chi connectivity index (χ4v) is 4.31. The van der Waals surface area contributed by atoms with Gasteiger partial charge in [0.1, 0.15) is 0 Å². The van der Waals surface area contributed by atoms with Gasteiger partial charge in [-0.15, -0.1) is 0 Å². The Labute approximate surface area is 304 Å². The smallest absolute Gasteiger partial charge is 0.0659 e. The third-order valence-corrected chi connectivity index (χ3v) is 6.47. The molecule has 9 rings (SSSR count). The number of benzene rings is 4. The summed E-state index contributed by atoms with van der Waals surface area (Å²) >= 11 is 0. The van der Waals surface area contributed by atoms with Crippen LogP contribution in [0.25, 0.3) is 46.4 Å². The molecule has 0 unspecified atom stereocenters.